The molecule has 2 aromatic carbocycles. The average Bonchev–Trinajstić information content (AvgIpc) is 2.81. The van der Waals surface area contributed by atoms with Gasteiger partial charge in [0.1, 0.15) is 11.2 Å². The molecular formula is C31H44O6. The SMILES string of the molecule is CC(COCc1ccc(C(=O)C(C)(C)O)cc1)CC(C)CC(C)OCc1ccc(C(=O)C(C)(C)O)cc1. The summed E-state index contributed by atoms with van der Waals surface area (Å²) in [5.41, 5.74) is 0.215. The van der Waals surface area contributed by atoms with E-state index in [1.807, 2.05) is 24.3 Å². The van der Waals surface area contributed by atoms with E-state index in [9.17, 15) is 19.8 Å². The molecule has 0 aromatic heterocycles. The Hall–Kier alpha value is -2.38. The van der Waals surface area contributed by atoms with Crippen molar-refractivity contribution in [3.05, 3.63) is 70.8 Å². The van der Waals surface area contributed by atoms with Gasteiger partial charge in [-0.2, -0.15) is 0 Å². The molecule has 0 saturated carbocycles. The smallest absolute Gasteiger partial charge is 0.193 e. The van der Waals surface area contributed by atoms with Crippen LogP contribution in [0, 0.1) is 11.8 Å². The zero-order valence-electron chi connectivity index (χ0n) is 23.4. The highest BCUT2D eigenvalue weighted by molar-refractivity contribution is 6.02. The molecule has 0 radical (unpaired) electrons. The molecule has 2 aromatic rings. The fourth-order valence-electron chi connectivity index (χ4n) is 4.31. The number of benzene rings is 2. The van der Waals surface area contributed by atoms with E-state index in [1.165, 1.54) is 27.7 Å². The molecule has 204 valence electrons. The number of Topliss-reactive ketones (excluding diaryl/α,β-unsaturated/α-hetero) is 2. The number of aliphatic hydroxyl groups is 2. The Bertz CT molecular complexity index is 996. The molecule has 0 aliphatic carbocycles. The van der Waals surface area contributed by atoms with Gasteiger partial charge in [-0.15, -0.1) is 0 Å². The van der Waals surface area contributed by atoms with Crippen LogP contribution in [0.25, 0.3) is 0 Å². The molecule has 37 heavy (non-hydrogen) atoms. The Labute approximate surface area is 222 Å². The standard InChI is InChI=1S/C31H44O6/c1-21(17-23(3)37-20-25-10-14-27(15-11-25)29(33)31(6,7)35)16-22(2)18-36-19-24-8-12-26(13-9-24)28(32)30(4,5)34/h8-15,21-23,34-35H,16-20H2,1-7H3. The fourth-order valence-corrected chi connectivity index (χ4v) is 4.31. The Balaban J connectivity index is 1.69. The molecule has 3 unspecified atom stereocenters. The van der Waals surface area contributed by atoms with Crippen LogP contribution in [0.1, 0.15) is 93.2 Å². The zero-order chi connectivity index (χ0) is 27.8. The van der Waals surface area contributed by atoms with Gasteiger partial charge >= 0.3 is 0 Å². The lowest BCUT2D eigenvalue weighted by atomic mass is 9.93. The second-order valence-corrected chi connectivity index (χ2v) is 11.5. The second kappa shape index (κ2) is 13.4. The Morgan fingerprint density at radius 2 is 1.14 bits per heavy atom. The molecule has 0 aliphatic rings. The summed E-state index contributed by atoms with van der Waals surface area (Å²) in [4.78, 5) is 24.3. The van der Waals surface area contributed by atoms with Crippen molar-refractivity contribution < 1.29 is 29.3 Å². The van der Waals surface area contributed by atoms with Crippen molar-refractivity contribution in [1.29, 1.82) is 0 Å². The molecule has 6 heteroatoms. The maximum atomic E-state index is 12.1. The third kappa shape index (κ3) is 10.5. The highest BCUT2D eigenvalue weighted by Gasteiger charge is 2.25. The Morgan fingerprint density at radius 1 is 0.703 bits per heavy atom. The zero-order valence-corrected chi connectivity index (χ0v) is 23.4. The van der Waals surface area contributed by atoms with Crippen LogP contribution in [0.4, 0.5) is 0 Å². The van der Waals surface area contributed by atoms with Crippen molar-refractivity contribution >= 4 is 11.6 Å². The minimum absolute atomic E-state index is 0.103. The van der Waals surface area contributed by atoms with Crippen LogP contribution < -0.4 is 0 Å². The van der Waals surface area contributed by atoms with Gasteiger partial charge in [0.05, 0.1) is 19.3 Å². The monoisotopic (exact) mass is 512 g/mol. The first kappa shape index (κ1) is 30.8. The maximum Gasteiger partial charge on any atom is 0.193 e. The third-order valence-electron chi connectivity index (χ3n) is 6.29. The van der Waals surface area contributed by atoms with Crippen LogP contribution in [0.5, 0.6) is 0 Å². The summed E-state index contributed by atoms with van der Waals surface area (Å²) in [5, 5.41) is 19.7. The topological polar surface area (TPSA) is 93.1 Å². The minimum Gasteiger partial charge on any atom is -0.382 e. The summed E-state index contributed by atoms with van der Waals surface area (Å²) in [6.07, 6.45) is 2.07. The predicted octanol–water partition coefficient (Wildman–Crippen LogP) is 5.77. The summed E-state index contributed by atoms with van der Waals surface area (Å²) in [7, 11) is 0. The number of hydrogen-bond acceptors (Lipinski definition) is 6. The molecule has 0 saturated heterocycles. The van der Waals surface area contributed by atoms with Crippen molar-refractivity contribution in [2.24, 2.45) is 11.8 Å². The number of carbonyl (C=O) groups excluding carboxylic acids is 2. The summed E-state index contributed by atoms with van der Waals surface area (Å²) in [6, 6.07) is 14.4. The predicted molar refractivity (Wildman–Crippen MR) is 146 cm³/mol. The van der Waals surface area contributed by atoms with Gasteiger partial charge < -0.3 is 19.7 Å². The van der Waals surface area contributed by atoms with E-state index in [0.29, 0.717) is 42.8 Å². The first-order valence-electron chi connectivity index (χ1n) is 13.1. The second-order valence-electron chi connectivity index (χ2n) is 11.5. The van der Waals surface area contributed by atoms with Gasteiger partial charge in [0.25, 0.3) is 0 Å². The molecule has 0 fully saturated rings. The number of ether oxygens (including phenoxy) is 2. The Morgan fingerprint density at radius 3 is 1.57 bits per heavy atom. The van der Waals surface area contributed by atoms with Crippen LogP contribution in [0.15, 0.2) is 48.5 Å². The van der Waals surface area contributed by atoms with Crippen LogP contribution in [0.2, 0.25) is 0 Å². The first-order chi connectivity index (χ1) is 17.2. The Kier molecular flexibility index (Phi) is 11.2. The molecule has 0 aliphatic heterocycles. The number of hydrogen-bond donors (Lipinski definition) is 2. The van der Waals surface area contributed by atoms with Gasteiger partial charge in [-0.1, -0.05) is 62.4 Å². The molecule has 2 N–H and O–H groups in total. The van der Waals surface area contributed by atoms with Crippen LogP contribution in [-0.4, -0.2) is 45.7 Å². The normalized spacial score (nSPS) is 14.7. The van der Waals surface area contributed by atoms with E-state index in [0.717, 1.165) is 24.0 Å². The quantitative estimate of drug-likeness (QED) is 0.294. The van der Waals surface area contributed by atoms with Crippen molar-refractivity contribution in [2.45, 2.75) is 91.8 Å². The lowest BCUT2D eigenvalue weighted by molar-refractivity contribution is 0.0320. The van der Waals surface area contributed by atoms with Crippen molar-refractivity contribution in [1.82, 2.24) is 0 Å². The van der Waals surface area contributed by atoms with Crippen molar-refractivity contribution in [3.8, 4) is 0 Å². The van der Waals surface area contributed by atoms with Crippen LogP contribution in [-0.2, 0) is 22.7 Å². The molecule has 3 atom stereocenters. The fraction of sp³-hybridized carbons (Fsp3) is 0.548. The van der Waals surface area contributed by atoms with Crippen molar-refractivity contribution in [2.75, 3.05) is 6.61 Å². The van der Waals surface area contributed by atoms with E-state index >= 15 is 0 Å². The van der Waals surface area contributed by atoms with Crippen LogP contribution >= 0.6 is 0 Å². The minimum atomic E-state index is -1.38. The average molecular weight is 513 g/mol. The maximum absolute atomic E-state index is 12.1. The van der Waals surface area contributed by atoms with E-state index in [1.54, 1.807) is 24.3 Å². The molecule has 0 amide bonds. The molecule has 0 heterocycles. The van der Waals surface area contributed by atoms with Gasteiger partial charge in [-0.05, 0) is 70.4 Å². The van der Waals surface area contributed by atoms with Gasteiger partial charge in [0, 0.05) is 17.7 Å². The highest BCUT2D eigenvalue weighted by Crippen LogP contribution is 2.21. The molecule has 0 bridgehead atoms. The lowest BCUT2D eigenvalue weighted by Gasteiger charge is -2.21. The largest absolute Gasteiger partial charge is 0.382 e. The molecular weight excluding hydrogens is 468 g/mol. The summed E-state index contributed by atoms with van der Waals surface area (Å²) < 4.78 is 11.9. The van der Waals surface area contributed by atoms with Crippen molar-refractivity contribution in [3.63, 3.8) is 0 Å². The molecule has 2 rings (SSSR count). The van der Waals surface area contributed by atoms with E-state index in [-0.39, 0.29) is 17.7 Å². The number of rotatable bonds is 15. The molecule has 6 nitrogen and oxygen atoms in total. The summed E-state index contributed by atoms with van der Waals surface area (Å²) in [6.45, 7) is 14.1. The van der Waals surface area contributed by atoms with E-state index in [4.69, 9.17) is 9.47 Å². The van der Waals surface area contributed by atoms with E-state index in [2.05, 4.69) is 20.8 Å². The van der Waals surface area contributed by atoms with Gasteiger partial charge in [-0.25, -0.2) is 0 Å². The number of carbonyl (C=O) groups is 2. The summed E-state index contributed by atoms with van der Waals surface area (Å²) >= 11 is 0. The van der Waals surface area contributed by atoms with Gasteiger partial charge in [0.2, 0.25) is 0 Å². The third-order valence-corrected chi connectivity index (χ3v) is 6.29. The van der Waals surface area contributed by atoms with Gasteiger partial charge in [-0.3, -0.25) is 9.59 Å². The summed E-state index contributed by atoms with van der Waals surface area (Å²) in [5.74, 6) is 0.292. The number of ketones is 2. The van der Waals surface area contributed by atoms with Gasteiger partial charge in [0.15, 0.2) is 11.6 Å². The first-order valence-corrected chi connectivity index (χ1v) is 13.1. The molecule has 0 spiro atoms. The lowest BCUT2D eigenvalue weighted by Crippen LogP contribution is -2.31. The van der Waals surface area contributed by atoms with Crippen LogP contribution in [0.3, 0.4) is 0 Å². The van der Waals surface area contributed by atoms with E-state index < -0.39 is 11.2 Å². The highest BCUT2D eigenvalue weighted by atomic mass is 16.5.